The number of carbonyl (C=O) groups excluding carboxylic acids is 1. The number of methoxy groups -OCH3 is 1. The average molecular weight is 376 g/mol. The van der Waals surface area contributed by atoms with Crippen molar-refractivity contribution in [3.8, 4) is 5.75 Å². The molecule has 1 aliphatic carbocycles. The van der Waals surface area contributed by atoms with Crippen LogP contribution in [-0.2, 0) is 9.22 Å². The zero-order valence-electron chi connectivity index (χ0n) is 17.2. The molecular formula is C21H33NO3Si. The summed E-state index contributed by atoms with van der Waals surface area (Å²) in [6.45, 7) is 13.6. The molecule has 1 unspecified atom stereocenters. The van der Waals surface area contributed by atoms with E-state index in [9.17, 15) is 4.79 Å². The molecule has 0 bridgehead atoms. The molecule has 1 saturated carbocycles. The van der Waals surface area contributed by atoms with Gasteiger partial charge in [-0.25, -0.2) is 0 Å². The molecule has 1 saturated heterocycles. The summed E-state index contributed by atoms with van der Waals surface area (Å²) in [5.41, 5.74) is 1.22. The molecule has 0 amide bonds. The zero-order chi connectivity index (χ0) is 19.3. The van der Waals surface area contributed by atoms with Crippen molar-refractivity contribution in [3.63, 3.8) is 0 Å². The predicted molar refractivity (Wildman–Crippen MR) is 107 cm³/mol. The fourth-order valence-electron chi connectivity index (χ4n) is 3.86. The lowest BCUT2D eigenvalue weighted by atomic mass is 9.97. The SMILES string of the molecule is COc1ccc([C@@H](C)N2[C@@H]3[C@H](O[Si](C)(C)C(C)(C)C)CCC(=O)[C@@H]32)cc1. The molecule has 4 nitrogen and oxygen atoms in total. The van der Waals surface area contributed by atoms with E-state index in [2.05, 4.69) is 57.8 Å². The molecule has 1 aromatic rings. The van der Waals surface area contributed by atoms with Gasteiger partial charge in [0.1, 0.15) is 5.75 Å². The van der Waals surface area contributed by atoms with Gasteiger partial charge in [-0.15, -0.1) is 0 Å². The number of ketones is 1. The van der Waals surface area contributed by atoms with Gasteiger partial charge in [-0.3, -0.25) is 9.69 Å². The summed E-state index contributed by atoms with van der Waals surface area (Å²) in [5.74, 6) is 1.24. The van der Waals surface area contributed by atoms with Crippen molar-refractivity contribution in [2.24, 2.45) is 0 Å². The Balaban J connectivity index is 1.76. The highest BCUT2D eigenvalue weighted by molar-refractivity contribution is 6.74. The molecule has 1 aliphatic heterocycles. The van der Waals surface area contributed by atoms with Gasteiger partial charge in [0.05, 0.1) is 25.3 Å². The van der Waals surface area contributed by atoms with Crippen LogP contribution in [0, 0.1) is 0 Å². The van der Waals surface area contributed by atoms with Gasteiger partial charge in [-0.2, -0.15) is 0 Å². The van der Waals surface area contributed by atoms with E-state index in [0.29, 0.717) is 12.2 Å². The molecule has 1 heterocycles. The van der Waals surface area contributed by atoms with Crippen molar-refractivity contribution in [1.82, 2.24) is 4.90 Å². The normalized spacial score (nSPS) is 29.9. The Morgan fingerprint density at radius 1 is 1.19 bits per heavy atom. The van der Waals surface area contributed by atoms with E-state index in [1.807, 2.05) is 12.1 Å². The van der Waals surface area contributed by atoms with Crippen LogP contribution in [-0.4, -0.2) is 44.3 Å². The van der Waals surface area contributed by atoms with Crippen molar-refractivity contribution in [1.29, 1.82) is 0 Å². The van der Waals surface area contributed by atoms with Gasteiger partial charge < -0.3 is 9.16 Å². The Morgan fingerprint density at radius 3 is 2.35 bits per heavy atom. The molecular weight excluding hydrogens is 342 g/mol. The quantitative estimate of drug-likeness (QED) is 0.558. The first-order chi connectivity index (χ1) is 12.1. The highest BCUT2D eigenvalue weighted by Crippen LogP contribution is 2.48. The number of benzene rings is 1. The Labute approximate surface area is 159 Å². The van der Waals surface area contributed by atoms with E-state index in [1.165, 1.54) is 5.56 Å². The third kappa shape index (κ3) is 3.49. The Kier molecular flexibility index (Phi) is 5.10. The minimum atomic E-state index is -1.84. The monoisotopic (exact) mass is 375 g/mol. The van der Waals surface area contributed by atoms with Crippen LogP contribution >= 0.6 is 0 Å². The van der Waals surface area contributed by atoms with Crippen LogP contribution in [0.1, 0.15) is 52.1 Å². The number of Topliss-reactive ketones (excluding diaryl/α,β-unsaturated/α-hetero) is 1. The summed E-state index contributed by atoms with van der Waals surface area (Å²) in [6, 6.07) is 8.67. The third-order valence-electron chi connectivity index (χ3n) is 6.58. The van der Waals surface area contributed by atoms with Crippen molar-refractivity contribution in [3.05, 3.63) is 29.8 Å². The summed E-state index contributed by atoms with van der Waals surface area (Å²) in [5, 5.41) is 0.186. The zero-order valence-corrected chi connectivity index (χ0v) is 18.2. The third-order valence-corrected chi connectivity index (χ3v) is 11.1. The topological polar surface area (TPSA) is 38.5 Å². The summed E-state index contributed by atoms with van der Waals surface area (Å²) < 4.78 is 12.0. The molecule has 1 aromatic carbocycles. The second-order valence-corrected chi connectivity index (χ2v) is 14.0. The Morgan fingerprint density at radius 2 is 1.81 bits per heavy atom. The molecule has 0 radical (unpaired) electrons. The molecule has 0 N–H and O–H groups in total. The summed E-state index contributed by atoms with van der Waals surface area (Å²) in [7, 11) is -0.161. The maximum absolute atomic E-state index is 12.5. The van der Waals surface area contributed by atoms with E-state index in [-0.39, 0.29) is 29.3 Å². The number of ether oxygens (including phenoxy) is 1. The first-order valence-corrected chi connectivity index (χ1v) is 12.6. The van der Waals surface area contributed by atoms with Crippen molar-refractivity contribution in [2.45, 2.75) is 82.9 Å². The van der Waals surface area contributed by atoms with E-state index in [1.54, 1.807) is 7.11 Å². The molecule has 2 aliphatic rings. The van der Waals surface area contributed by atoms with Crippen LogP contribution in [0.3, 0.4) is 0 Å². The number of fused-ring (bicyclic) bond motifs is 1. The molecule has 2 fully saturated rings. The van der Waals surface area contributed by atoms with Gasteiger partial charge in [0.2, 0.25) is 0 Å². The highest BCUT2D eigenvalue weighted by atomic mass is 28.4. The van der Waals surface area contributed by atoms with E-state index in [4.69, 9.17) is 9.16 Å². The minimum absolute atomic E-state index is 0.0376. The standard InChI is InChI=1S/C21H33NO3Si/c1-14(15-8-10-16(24-5)11-9-15)22-19-17(23)12-13-18(20(19)22)25-26(6,7)21(2,3)4/h8-11,14,18-20H,12-13H2,1-7H3/t14-,18-,19+,20-,22?/m1/s1. The molecule has 5 atom stereocenters. The molecule has 144 valence electrons. The van der Waals surface area contributed by atoms with Gasteiger partial charge in [0.15, 0.2) is 14.1 Å². The van der Waals surface area contributed by atoms with Crippen LogP contribution < -0.4 is 4.74 Å². The predicted octanol–water partition coefficient (Wildman–Crippen LogP) is 4.56. The molecule has 0 aromatic heterocycles. The largest absolute Gasteiger partial charge is 0.497 e. The minimum Gasteiger partial charge on any atom is -0.497 e. The lowest BCUT2D eigenvalue weighted by Crippen LogP contribution is -2.47. The van der Waals surface area contributed by atoms with E-state index < -0.39 is 8.32 Å². The molecule has 5 heteroatoms. The van der Waals surface area contributed by atoms with Crippen molar-refractivity contribution >= 4 is 14.1 Å². The second-order valence-electron chi connectivity index (χ2n) is 9.25. The number of nitrogens with zero attached hydrogens (tertiary/aromatic N) is 1. The van der Waals surface area contributed by atoms with Gasteiger partial charge in [0.25, 0.3) is 0 Å². The first kappa shape index (κ1) is 19.6. The number of likely N-dealkylation sites (tertiary alicyclic amines) is 1. The van der Waals surface area contributed by atoms with Crippen molar-refractivity contribution < 1.29 is 14.0 Å². The van der Waals surface area contributed by atoms with E-state index >= 15 is 0 Å². The summed E-state index contributed by atoms with van der Waals surface area (Å²) >= 11 is 0. The number of hydrogen-bond acceptors (Lipinski definition) is 4. The van der Waals surface area contributed by atoms with Gasteiger partial charge in [0, 0.05) is 12.5 Å². The van der Waals surface area contributed by atoms with Gasteiger partial charge in [-0.1, -0.05) is 32.9 Å². The summed E-state index contributed by atoms with van der Waals surface area (Å²) in [6.07, 6.45) is 1.68. The fraction of sp³-hybridized carbons (Fsp3) is 0.667. The number of rotatable bonds is 5. The van der Waals surface area contributed by atoms with Gasteiger partial charge in [-0.05, 0) is 49.2 Å². The number of hydrogen-bond donors (Lipinski definition) is 0. The molecule has 0 spiro atoms. The maximum atomic E-state index is 12.5. The van der Waals surface area contributed by atoms with Gasteiger partial charge >= 0.3 is 0 Å². The molecule has 3 rings (SSSR count). The van der Waals surface area contributed by atoms with Crippen LogP contribution in [0.25, 0.3) is 0 Å². The number of carbonyl (C=O) groups is 1. The molecule has 26 heavy (non-hydrogen) atoms. The smallest absolute Gasteiger partial charge is 0.192 e. The Bertz CT molecular complexity index is 665. The lowest BCUT2D eigenvalue weighted by Gasteiger charge is -2.40. The fourth-order valence-corrected chi connectivity index (χ4v) is 5.23. The maximum Gasteiger partial charge on any atom is 0.192 e. The van der Waals surface area contributed by atoms with Crippen LogP contribution in [0.2, 0.25) is 18.1 Å². The lowest BCUT2D eigenvalue weighted by molar-refractivity contribution is -0.120. The van der Waals surface area contributed by atoms with E-state index in [0.717, 1.165) is 12.2 Å². The van der Waals surface area contributed by atoms with Crippen LogP contribution in [0.5, 0.6) is 5.75 Å². The van der Waals surface area contributed by atoms with Crippen LogP contribution in [0.4, 0.5) is 0 Å². The first-order valence-electron chi connectivity index (χ1n) is 9.69. The second kappa shape index (κ2) is 6.77. The Hall–Kier alpha value is -1.17. The highest BCUT2D eigenvalue weighted by Gasteiger charge is 2.61. The van der Waals surface area contributed by atoms with Crippen LogP contribution in [0.15, 0.2) is 24.3 Å². The summed E-state index contributed by atoms with van der Waals surface area (Å²) in [4.78, 5) is 14.8. The van der Waals surface area contributed by atoms with Crippen molar-refractivity contribution in [2.75, 3.05) is 7.11 Å². The average Bonchev–Trinajstić information content (AvgIpc) is 3.32.